The van der Waals surface area contributed by atoms with Crippen molar-refractivity contribution in [1.82, 2.24) is 4.31 Å². The van der Waals surface area contributed by atoms with Crippen LogP contribution in [0.4, 0.5) is 5.69 Å². The van der Waals surface area contributed by atoms with Gasteiger partial charge < -0.3 is 5.73 Å². The summed E-state index contributed by atoms with van der Waals surface area (Å²) in [6.07, 6.45) is 3.02. The zero-order valence-corrected chi connectivity index (χ0v) is 13.1. The first-order valence-corrected chi connectivity index (χ1v) is 9.07. The zero-order chi connectivity index (χ0) is 14.0. The van der Waals surface area contributed by atoms with Crippen LogP contribution in [0.15, 0.2) is 15.7 Å². The standard InChI is InChI=1S/C13H22N2O2S2/c1-10(2)11-4-3-6-15(7-5-11)19(16,17)13-8-12(14)9-18-13/h8-11H,3-7,14H2,1-2H3. The number of thiophene rings is 1. The summed E-state index contributed by atoms with van der Waals surface area (Å²) in [5.74, 6) is 1.26. The third-order valence-electron chi connectivity index (χ3n) is 3.86. The molecule has 1 aliphatic heterocycles. The molecule has 4 nitrogen and oxygen atoms in total. The van der Waals surface area contributed by atoms with Crippen LogP contribution in [0.2, 0.25) is 0 Å². The molecule has 0 spiro atoms. The Bertz CT molecular complexity index is 523. The number of nitrogens with zero attached hydrogens (tertiary/aromatic N) is 1. The highest BCUT2D eigenvalue weighted by atomic mass is 32.2. The van der Waals surface area contributed by atoms with Crippen LogP contribution < -0.4 is 5.73 Å². The maximum atomic E-state index is 12.5. The van der Waals surface area contributed by atoms with Crippen LogP contribution in [0.5, 0.6) is 0 Å². The van der Waals surface area contributed by atoms with Crippen LogP contribution in [0.1, 0.15) is 33.1 Å². The summed E-state index contributed by atoms with van der Waals surface area (Å²) in [5, 5.41) is 1.68. The van der Waals surface area contributed by atoms with Gasteiger partial charge in [0.15, 0.2) is 0 Å². The number of anilines is 1. The molecule has 0 radical (unpaired) electrons. The van der Waals surface area contributed by atoms with Gasteiger partial charge >= 0.3 is 0 Å². The van der Waals surface area contributed by atoms with Crippen molar-refractivity contribution in [3.63, 3.8) is 0 Å². The van der Waals surface area contributed by atoms with Crippen molar-refractivity contribution in [1.29, 1.82) is 0 Å². The first-order valence-electron chi connectivity index (χ1n) is 6.75. The van der Waals surface area contributed by atoms with E-state index in [-0.39, 0.29) is 0 Å². The highest BCUT2D eigenvalue weighted by Gasteiger charge is 2.29. The highest BCUT2D eigenvalue weighted by Crippen LogP contribution is 2.30. The predicted molar refractivity (Wildman–Crippen MR) is 79.7 cm³/mol. The fraction of sp³-hybridized carbons (Fsp3) is 0.692. The fourth-order valence-electron chi connectivity index (χ4n) is 2.60. The molecule has 2 N–H and O–H groups in total. The summed E-state index contributed by atoms with van der Waals surface area (Å²) in [5.41, 5.74) is 6.15. The van der Waals surface area contributed by atoms with Gasteiger partial charge in [-0.2, -0.15) is 4.31 Å². The van der Waals surface area contributed by atoms with Crippen molar-refractivity contribution in [2.24, 2.45) is 11.8 Å². The second kappa shape index (κ2) is 5.81. The molecular weight excluding hydrogens is 280 g/mol. The van der Waals surface area contributed by atoms with Gasteiger partial charge in [-0.1, -0.05) is 13.8 Å². The van der Waals surface area contributed by atoms with Crippen molar-refractivity contribution >= 4 is 27.0 Å². The Balaban J connectivity index is 2.14. The minimum absolute atomic E-state index is 0.369. The van der Waals surface area contributed by atoms with E-state index >= 15 is 0 Å². The van der Waals surface area contributed by atoms with E-state index in [4.69, 9.17) is 5.73 Å². The molecule has 1 fully saturated rings. The Morgan fingerprint density at radius 2 is 2.11 bits per heavy atom. The Kier molecular flexibility index (Phi) is 4.53. The highest BCUT2D eigenvalue weighted by molar-refractivity contribution is 7.91. The van der Waals surface area contributed by atoms with E-state index < -0.39 is 10.0 Å². The smallest absolute Gasteiger partial charge is 0.252 e. The summed E-state index contributed by atoms with van der Waals surface area (Å²) in [6.45, 7) is 5.69. The molecule has 108 valence electrons. The van der Waals surface area contributed by atoms with Gasteiger partial charge in [0, 0.05) is 24.2 Å². The lowest BCUT2D eigenvalue weighted by molar-refractivity contribution is 0.341. The maximum absolute atomic E-state index is 12.5. The monoisotopic (exact) mass is 302 g/mol. The molecule has 2 heterocycles. The third kappa shape index (κ3) is 3.30. The molecule has 19 heavy (non-hydrogen) atoms. The molecule has 0 aromatic carbocycles. The normalized spacial score (nSPS) is 22.6. The molecule has 1 aliphatic rings. The summed E-state index contributed by atoms with van der Waals surface area (Å²) in [4.78, 5) is 0. The second-order valence-corrected chi connectivity index (χ2v) is 8.61. The summed E-state index contributed by atoms with van der Waals surface area (Å²) < 4.78 is 27.0. The molecule has 2 rings (SSSR count). The van der Waals surface area contributed by atoms with Gasteiger partial charge in [-0.15, -0.1) is 11.3 Å². The van der Waals surface area contributed by atoms with E-state index in [1.807, 2.05) is 0 Å². The van der Waals surface area contributed by atoms with Crippen molar-refractivity contribution in [3.8, 4) is 0 Å². The number of sulfonamides is 1. The van der Waals surface area contributed by atoms with Gasteiger partial charge in [-0.05, 0) is 37.2 Å². The van der Waals surface area contributed by atoms with Gasteiger partial charge in [-0.3, -0.25) is 0 Å². The molecule has 0 amide bonds. The van der Waals surface area contributed by atoms with Gasteiger partial charge in [0.2, 0.25) is 0 Å². The minimum atomic E-state index is -3.34. The van der Waals surface area contributed by atoms with Crippen LogP contribution in [0.25, 0.3) is 0 Å². The van der Waals surface area contributed by atoms with Crippen molar-refractivity contribution in [2.75, 3.05) is 18.8 Å². The first kappa shape index (κ1) is 14.8. The van der Waals surface area contributed by atoms with Crippen molar-refractivity contribution in [3.05, 3.63) is 11.4 Å². The topological polar surface area (TPSA) is 63.4 Å². The Morgan fingerprint density at radius 1 is 1.37 bits per heavy atom. The molecule has 1 unspecified atom stereocenters. The van der Waals surface area contributed by atoms with E-state index in [2.05, 4.69) is 13.8 Å². The lowest BCUT2D eigenvalue weighted by Gasteiger charge is -2.20. The lowest BCUT2D eigenvalue weighted by atomic mass is 9.89. The van der Waals surface area contributed by atoms with Gasteiger partial charge in [0.05, 0.1) is 0 Å². The van der Waals surface area contributed by atoms with E-state index in [0.717, 1.165) is 19.3 Å². The molecular formula is C13H22N2O2S2. The van der Waals surface area contributed by atoms with Crippen molar-refractivity contribution < 1.29 is 8.42 Å². The molecule has 0 bridgehead atoms. The number of nitrogens with two attached hydrogens (primary N) is 1. The number of hydrogen-bond acceptors (Lipinski definition) is 4. The quantitative estimate of drug-likeness (QED) is 0.934. The van der Waals surface area contributed by atoms with E-state index in [9.17, 15) is 8.42 Å². The predicted octanol–water partition coefficient (Wildman–Crippen LogP) is 2.78. The van der Waals surface area contributed by atoms with Crippen LogP contribution >= 0.6 is 11.3 Å². The second-order valence-electron chi connectivity index (χ2n) is 5.54. The maximum Gasteiger partial charge on any atom is 0.252 e. The Labute approximate surface area is 119 Å². The van der Waals surface area contributed by atoms with Crippen LogP contribution in [0, 0.1) is 11.8 Å². The number of nitrogen functional groups attached to an aromatic ring is 1. The Hall–Kier alpha value is -0.590. The van der Waals surface area contributed by atoms with Crippen LogP contribution in [-0.2, 0) is 10.0 Å². The van der Waals surface area contributed by atoms with Gasteiger partial charge in [0.1, 0.15) is 4.21 Å². The molecule has 1 aromatic rings. The van der Waals surface area contributed by atoms with Crippen LogP contribution in [-0.4, -0.2) is 25.8 Å². The van der Waals surface area contributed by atoms with E-state index in [1.54, 1.807) is 15.8 Å². The molecule has 6 heteroatoms. The summed E-state index contributed by atoms with van der Waals surface area (Å²) in [7, 11) is -3.34. The van der Waals surface area contributed by atoms with Crippen molar-refractivity contribution in [2.45, 2.75) is 37.3 Å². The van der Waals surface area contributed by atoms with Gasteiger partial charge in [-0.25, -0.2) is 8.42 Å². The lowest BCUT2D eigenvalue weighted by Crippen LogP contribution is -2.31. The molecule has 1 atom stereocenters. The molecule has 1 saturated heterocycles. The zero-order valence-electron chi connectivity index (χ0n) is 11.5. The fourth-order valence-corrected chi connectivity index (χ4v) is 5.32. The first-order chi connectivity index (χ1) is 8.91. The molecule has 0 aliphatic carbocycles. The molecule has 0 saturated carbocycles. The largest absolute Gasteiger partial charge is 0.398 e. The van der Waals surface area contributed by atoms with E-state index in [0.29, 0.717) is 34.8 Å². The van der Waals surface area contributed by atoms with Crippen LogP contribution in [0.3, 0.4) is 0 Å². The van der Waals surface area contributed by atoms with E-state index in [1.165, 1.54) is 11.3 Å². The third-order valence-corrected chi connectivity index (χ3v) is 7.20. The average molecular weight is 302 g/mol. The number of rotatable bonds is 3. The van der Waals surface area contributed by atoms with Gasteiger partial charge in [0.25, 0.3) is 10.0 Å². The number of hydrogen-bond donors (Lipinski definition) is 1. The Morgan fingerprint density at radius 3 is 2.68 bits per heavy atom. The minimum Gasteiger partial charge on any atom is -0.398 e. The summed E-state index contributed by atoms with van der Waals surface area (Å²) >= 11 is 1.21. The summed E-state index contributed by atoms with van der Waals surface area (Å²) in [6, 6.07) is 1.56. The molecule has 1 aromatic heterocycles. The average Bonchev–Trinajstić information content (AvgIpc) is 2.65. The SMILES string of the molecule is CC(C)C1CCCN(S(=O)(=O)c2cc(N)cs2)CC1.